The first kappa shape index (κ1) is 24.1. The van der Waals surface area contributed by atoms with Crippen LogP contribution in [0.2, 0.25) is 0 Å². The van der Waals surface area contributed by atoms with Crippen molar-refractivity contribution in [3.63, 3.8) is 0 Å². The highest BCUT2D eigenvalue weighted by Crippen LogP contribution is 2.37. The van der Waals surface area contributed by atoms with Crippen molar-refractivity contribution in [3.8, 4) is 11.8 Å². The van der Waals surface area contributed by atoms with Gasteiger partial charge in [0, 0.05) is 72.3 Å². The molecule has 2 atom stereocenters. The van der Waals surface area contributed by atoms with Crippen LogP contribution in [0.15, 0.2) is 48.8 Å². The Labute approximate surface area is 221 Å². The van der Waals surface area contributed by atoms with Crippen LogP contribution in [0, 0.1) is 18.3 Å². The summed E-state index contributed by atoms with van der Waals surface area (Å²) in [7, 11) is 0. The van der Waals surface area contributed by atoms with Gasteiger partial charge in [0.25, 0.3) is 0 Å². The highest BCUT2D eigenvalue weighted by molar-refractivity contribution is 5.92. The molecule has 3 aromatic heterocycles. The molecule has 4 aromatic rings. The van der Waals surface area contributed by atoms with Crippen molar-refractivity contribution in [2.24, 2.45) is 0 Å². The Hall–Kier alpha value is -4.23. The summed E-state index contributed by atoms with van der Waals surface area (Å²) in [4.78, 5) is 16.4. The van der Waals surface area contributed by atoms with Crippen LogP contribution in [0.1, 0.15) is 43.4 Å². The third-order valence-corrected chi connectivity index (χ3v) is 7.45. The van der Waals surface area contributed by atoms with E-state index in [9.17, 15) is 0 Å². The summed E-state index contributed by atoms with van der Waals surface area (Å²) >= 11 is 0. The van der Waals surface area contributed by atoms with Gasteiger partial charge >= 0.3 is 0 Å². The Kier molecular flexibility index (Phi) is 6.75. The Balaban J connectivity index is 1.25. The molecular weight excluding hydrogens is 478 g/mol. The van der Waals surface area contributed by atoms with Crippen molar-refractivity contribution in [2.45, 2.75) is 63.8 Å². The summed E-state index contributed by atoms with van der Waals surface area (Å²) in [6, 6.07) is 15.3. The SMILES string of the molecule is Cc1cc(Nc2nc(NC3CC4CCC(C3)N4CCC#N)nc3cc(OCc4cccnc4)ccc23)n[nH]1. The lowest BCUT2D eigenvalue weighted by Gasteiger charge is -2.38. The molecule has 2 aliphatic heterocycles. The molecule has 10 heteroatoms. The van der Waals surface area contributed by atoms with Gasteiger partial charge in [0.1, 0.15) is 18.2 Å². The number of ether oxygens (including phenoxy) is 1. The summed E-state index contributed by atoms with van der Waals surface area (Å²) in [5.74, 6) is 2.72. The van der Waals surface area contributed by atoms with E-state index in [0.29, 0.717) is 42.7 Å². The first-order chi connectivity index (χ1) is 18.6. The largest absolute Gasteiger partial charge is 0.489 e. The van der Waals surface area contributed by atoms with E-state index >= 15 is 0 Å². The number of nitriles is 1. The molecule has 1 aromatic carbocycles. The molecule has 5 heterocycles. The number of rotatable bonds is 9. The summed E-state index contributed by atoms with van der Waals surface area (Å²) in [5, 5.41) is 24.2. The summed E-state index contributed by atoms with van der Waals surface area (Å²) in [6.07, 6.45) is 8.58. The average Bonchev–Trinajstić information content (AvgIpc) is 3.44. The molecule has 0 radical (unpaired) electrons. The maximum absolute atomic E-state index is 9.04. The van der Waals surface area contributed by atoms with E-state index in [1.807, 2.05) is 43.3 Å². The minimum atomic E-state index is 0.286. The normalized spacial score (nSPS) is 20.8. The molecule has 0 spiro atoms. The smallest absolute Gasteiger partial charge is 0.225 e. The second-order valence-corrected chi connectivity index (χ2v) is 10.1. The number of hydrogen-bond donors (Lipinski definition) is 3. The molecule has 2 fully saturated rings. The zero-order chi connectivity index (χ0) is 25.9. The van der Waals surface area contributed by atoms with Crippen LogP contribution < -0.4 is 15.4 Å². The standard InChI is InChI=1S/C28H31N9O/c1-18-12-26(36-35-18)33-27-24-8-7-23(38-17-19-4-2-10-30-16-19)15-25(24)32-28(34-27)31-20-13-21-5-6-22(14-20)37(21)11-3-9-29/h2,4,7-8,10,12,15-16,20-22H,3,5-6,11,13-14,17H2,1H3,(H3,31,32,33,34,35,36). The van der Waals surface area contributed by atoms with Crippen molar-refractivity contribution < 1.29 is 4.74 Å². The topological polar surface area (TPSA) is 128 Å². The number of anilines is 3. The van der Waals surface area contributed by atoms with Gasteiger partial charge in [-0.25, -0.2) is 4.98 Å². The molecule has 2 aliphatic rings. The lowest BCUT2D eigenvalue weighted by Crippen LogP contribution is -2.47. The third-order valence-electron chi connectivity index (χ3n) is 7.45. The van der Waals surface area contributed by atoms with Crippen LogP contribution in [0.5, 0.6) is 5.75 Å². The molecule has 194 valence electrons. The highest BCUT2D eigenvalue weighted by atomic mass is 16.5. The maximum Gasteiger partial charge on any atom is 0.225 e. The van der Waals surface area contributed by atoms with Crippen LogP contribution in [-0.4, -0.2) is 54.7 Å². The number of nitrogens with one attached hydrogen (secondary N) is 3. The van der Waals surface area contributed by atoms with Crippen LogP contribution in [-0.2, 0) is 6.61 Å². The molecule has 3 N–H and O–H groups in total. The number of hydrogen-bond acceptors (Lipinski definition) is 9. The maximum atomic E-state index is 9.04. The molecule has 2 saturated heterocycles. The molecule has 38 heavy (non-hydrogen) atoms. The Bertz CT molecular complexity index is 1430. The summed E-state index contributed by atoms with van der Waals surface area (Å²) in [6.45, 7) is 3.26. The van der Waals surface area contributed by atoms with Gasteiger partial charge < -0.3 is 15.4 Å². The molecule has 2 bridgehead atoms. The summed E-state index contributed by atoms with van der Waals surface area (Å²) < 4.78 is 6.04. The van der Waals surface area contributed by atoms with Crippen LogP contribution in [0.4, 0.5) is 17.6 Å². The van der Waals surface area contributed by atoms with E-state index in [-0.39, 0.29) is 6.04 Å². The quantitative estimate of drug-likeness (QED) is 0.294. The van der Waals surface area contributed by atoms with Crippen molar-refractivity contribution in [1.82, 2.24) is 30.0 Å². The number of H-pyrrole nitrogens is 1. The fourth-order valence-corrected chi connectivity index (χ4v) is 5.73. The fourth-order valence-electron chi connectivity index (χ4n) is 5.73. The molecule has 6 rings (SSSR count). The van der Waals surface area contributed by atoms with Gasteiger partial charge in [0.2, 0.25) is 5.95 Å². The van der Waals surface area contributed by atoms with Crippen LogP contribution in [0.3, 0.4) is 0 Å². The minimum absolute atomic E-state index is 0.286. The Morgan fingerprint density at radius 2 is 2.03 bits per heavy atom. The Morgan fingerprint density at radius 1 is 1.16 bits per heavy atom. The first-order valence-corrected chi connectivity index (χ1v) is 13.2. The lowest BCUT2D eigenvalue weighted by molar-refractivity contribution is 0.135. The van der Waals surface area contributed by atoms with Gasteiger partial charge in [0.05, 0.1) is 11.6 Å². The highest BCUT2D eigenvalue weighted by Gasteiger charge is 2.40. The number of piperidine rings is 1. The number of aryl methyl sites for hydroxylation is 1. The minimum Gasteiger partial charge on any atom is -0.489 e. The van der Waals surface area contributed by atoms with Gasteiger partial charge in [-0.1, -0.05) is 6.07 Å². The Morgan fingerprint density at radius 3 is 2.76 bits per heavy atom. The van der Waals surface area contributed by atoms with Crippen molar-refractivity contribution in [1.29, 1.82) is 5.26 Å². The molecule has 0 amide bonds. The predicted octanol–water partition coefficient (Wildman–Crippen LogP) is 4.70. The second kappa shape index (κ2) is 10.6. The van der Waals surface area contributed by atoms with Crippen molar-refractivity contribution in [2.75, 3.05) is 17.2 Å². The molecule has 10 nitrogen and oxygen atoms in total. The summed E-state index contributed by atoms with van der Waals surface area (Å²) in [5.41, 5.74) is 2.76. The van der Waals surface area contributed by atoms with E-state index < -0.39 is 0 Å². The molecule has 0 aliphatic carbocycles. The average molecular weight is 510 g/mol. The van der Waals surface area contributed by atoms with Gasteiger partial charge in [-0.05, 0) is 50.8 Å². The zero-order valence-electron chi connectivity index (χ0n) is 21.4. The predicted molar refractivity (Wildman–Crippen MR) is 145 cm³/mol. The number of aromatic amines is 1. The van der Waals surface area contributed by atoms with E-state index in [0.717, 1.165) is 47.3 Å². The molecule has 2 unspecified atom stereocenters. The second-order valence-electron chi connectivity index (χ2n) is 10.1. The van der Waals surface area contributed by atoms with Crippen molar-refractivity contribution in [3.05, 3.63) is 60.0 Å². The van der Waals surface area contributed by atoms with Gasteiger partial charge in [-0.3, -0.25) is 15.0 Å². The monoisotopic (exact) mass is 509 g/mol. The lowest BCUT2D eigenvalue weighted by atomic mass is 9.97. The van der Waals surface area contributed by atoms with E-state index in [1.54, 1.807) is 12.4 Å². The van der Waals surface area contributed by atoms with E-state index in [4.69, 9.17) is 20.0 Å². The number of nitrogens with zero attached hydrogens (tertiary/aromatic N) is 6. The van der Waals surface area contributed by atoms with Gasteiger partial charge in [-0.2, -0.15) is 15.3 Å². The number of fused-ring (bicyclic) bond motifs is 3. The zero-order valence-corrected chi connectivity index (χ0v) is 21.4. The van der Waals surface area contributed by atoms with Crippen LogP contribution >= 0.6 is 0 Å². The van der Waals surface area contributed by atoms with E-state index in [1.165, 1.54) is 12.8 Å². The third kappa shape index (κ3) is 5.24. The van der Waals surface area contributed by atoms with E-state index in [2.05, 4.69) is 36.8 Å². The number of benzene rings is 1. The number of aromatic nitrogens is 5. The first-order valence-electron chi connectivity index (χ1n) is 13.2. The van der Waals surface area contributed by atoms with Gasteiger partial charge in [0.15, 0.2) is 5.82 Å². The molecule has 0 saturated carbocycles. The number of pyridine rings is 1. The fraction of sp³-hybridized carbons (Fsp3) is 0.393. The van der Waals surface area contributed by atoms with Crippen molar-refractivity contribution >= 4 is 28.5 Å². The van der Waals surface area contributed by atoms with Gasteiger partial charge in [-0.15, -0.1) is 0 Å². The molecular formula is C28H31N9O. The van der Waals surface area contributed by atoms with Crippen LogP contribution in [0.25, 0.3) is 10.9 Å².